The Hall–Kier alpha value is -1.75. The lowest BCUT2D eigenvalue weighted by Gasteiger charge is -2.29. The second kappa shape index (κ2) is 6.57. The van der Waals surface area contributed by atoms with Gasteiger partial charge in [-0.2, -0.15) is 4.98 Å². The van der Waals surface area contributed by atoms with E-state index < -0.39 is 0 Å². The molecule has 1 aromatic carbocycles. The SMILES string of the molecule is COC(=O)C1CCCCC1CNc1nc2cc(Cl)ccc2o1. The molecule has 1 aromatic heterocycles. The molecule has 1 fully saturated rings. The van der Waals surface area contributed by atoms with E-state index in [4.69, 9.17) is 20.8 Å². The number of fused-ring (bicyclic) bond motifs is 1. The molecule has 2 unspecified atom stereocenters. The number of aromatic nitrogens is 1. The maximum absolute atomic E-state index is 11.9. The van der Waals surface area contributed by atoms with Crippen LogP contribution in [0.5, 0.6) is 0 Å². The molecule has 0 aliphatic heterocycles. The Morgan fingerprint density at radius 1 is 1.45 bits per heavy atom. The molecular weight excluding hydrogens is 304 g/mol. The molecule has 1 saturated carbocycles. The van der Waals surface area contributed by atoms with Gasteiger partial charge < -0.3 is 14.5 Å². The van der Waals surface area contributed by atoms with Crippen molar-refractivity contribution in [3.63, 3.8) is 0 Å². The average molecular weight is 323 g/mol. The monoisotopic (exact) mass is 322 g/mol. The molecule has 2 aromatic rings. The molecular formula is C16H19ClN2O3. The molecule has 1 aliphatic rings. The largest absolute Gasteiger partial charge is 0.469 e. The van der Waals surface area contributed by atoms with Gasteiger partial charge in [0.05, 0.1) is 13.0 Å². The number of nitrogens with zero attached hydrogens (tertiary/aromatic N) is 1. The minimum absolute atomic E-state index is 0.0370. The van der Waals surface area contributed by atoms with Crippen molar-refractivity contribution in [2.75, 3.05) is 19.0 Å². The number of nitrogens with one attached hydrogen (secondary N) is 1. The number of hydrogen-bond acceptors (Lipinski definition) is 5. The predicted molar refractivity (Wildman–Crippen MR) is 85.0 cm³/mol. The topological polar surface area (TPSA) is 64.4 Å². The van der Waals surface area contributed by atoms with Gasteiger partial charge in [0.25, 0.3) is 6.01 Å². The van der Waals surface area contributed by atoms with Crippen molar-refractivity contribution in [2.24, 2.45) is 11.8 Å². The minimum atomic E-state index is -0.115. The van der Waals surface area contributed by atoms with Crippen molar-refractivity contribution in [3.8, 4) is 0 Å². The van der Waals surface area contributed by atoms with Gasteiger partial charge in [-0.1, -0.05) is 24.4 Å². The fourth-order valence-electron chi connectivity index (χ4n) is 3.11. The van der Waals surface area contributed by atoms with E-state index in [1.165, 1.54) is 7.11 Å². The van der Waals surface area contributed by atoms with Gasteiger partial charge in [-0.3, -0.25) is 4.79 Å². The summed E-state index contributed by atoms with van der Waals surface area (Å²) < 4.78 is 10.6. The Bertz CT molecular complexity index is 670. The zero-order valence-electron chi connectivity index (χ0n) is 12.5. The van der Waals surface area contributed by atoms with E-state index in [9.17, 15) is 4.79 Å². The number of rotatable bonds is 4. The Balaban J connectivity index is 1.68. The predicted octanol–water partition coefficient (Wildman–Crippen LogP) is 3.87. The van der Waals surface area contributed by atoms with Gasteiger partial charge in [0.15, 0.2) is 5.58 Å². The van der Waals surface area contributed by atoms with Crippen LogP contribution < -0.4 is 5.32 Å². The number of esters is 1. The average Bonchev–Trinajstić information content (AvgIpc) is 2.94. The lowest BCUT2D eigenvalue weighted by molar-refractivity contribution is -0.148. The van der Waals surface area contributed by atoms with Gasteiger partial charge in [0.1, 0.15) is 5.52 Å². The summed E-state index contributed by atoms with van der Waals surface area (Å²) >= 11 is 5.94. The van der Waals surface area contributed by atoms with Crippen LogP contribution in [-0.2, 0) is 9.53 Å². The van der Waals surface area contributed by atoms with Crippen molar-refractivity contribution >= 4 is 34.7 Å². The van der Waals surface area contributed by atoms with Gasteiger partial charge in [-0.25, -0.2) is 0 Å². The van der Waals surface area contributed by atoms with Crippen molar-refractivity contribution < 1.29 is 13.9 Å². The Labute approximate surface area is 134 Å². The van der Waals surface area contributed by atoms with Crippen LogP contribution in [0.1, 0.15) is 25.7 Å². The third-order valence-corrected chi connectivity index (χ3v) is 4.51. The van der Waals surface area contributed by atoms with E-state index in [0.29, 0.717) is 23.2 Å². The second-order valence-electron chi connectivity index (χ2n) is 5.69. The summed E-state index contributed by atoms with van der Waals surface area (Å²) in [6.07, 6.45) is 4.13. The van der Waals surface area contributed by atoms with E-state index in [1.54, 1.807) is 18.2 Å². The van der Waals surface area contributed by atoms with Crippen LogP contribution in [0.15, 0.2) is 22.6 Å². The lowest BCUT2D eigenvalue weighted by atomic mass is 9.79. The fraction of sp³-hybridized carbons (Fsp3) is 0.500. The molecule has 1 heterocycles. The molecule has 0 bridgehead atoms. The maximum atomic E-state index is 11.9. The molecule has 2 atom stereocenters. The van der Waals surface area contributed by atoms with Crippen LogP contribution in [0.2, 0.25) is 5.02 Å². The second-order valence-corrected chi connectivity index (χ2v) is 6.12. The number of hydrogen-bond donors (Lipinski definition) is 1. The Morgan fingerprint density at radius 3 is 3.09 bits per heavy atom. The first kappa shape index (κ1) is 15.2. The number of methoxy groups -OCH3 is 1. The molecule has 0 saturated heterocycles. The first-order chi connectivity index (χ1) is 10.7. The minimum Gasteiger partial charge on any atom is -0.469 e. The number of oxazole rings is 1. The van der Waals surface area contributed by atoms with Gasteiger partial charge in [-0.05, 0) is 37.0 Å². The van der Waals surface area contributed by atoms with E-state index in [1.807, 2.05) is 0 Å². The summed E-state index contributed by atoms with van der Waals surface area (Å²) in [7, 11) is 1.45. The molecule has 22 heavy (non-hydrogen) atoms. The maximum Gasteiger partial charge on any atom is 0.309 e. The Kier molecular flexibility index (Phi) is 4.52. The van der Waals surface area contributed by atoms with Gasteiger partial charge in [0, 0.05) is 11.6 Å². The van der Waals surface area contributed by atoms with Crippen molar-refractivity contribution in [3.05, 3.63) is 23.2 Å². The van der Waals surface area contributed by atoms with Gasteiger partial charge in [-0.15, -0.1) is 0 Å². The zero-order chi connectivity index (χ0) is 15.5. The highest BCUT2D eigenvalue weighted by molar-refractivity contribution is 6.31. The molecule has 5 nitrogen and oxygen atoms in total. The van der Waals surface area contributed by atoms with Crippen LogP contribution in [-0.4, -0.2) is 24.6 Å². The lowest BCUT2D eigenvalue weighted by Crippen LogP contribution is -2.32. The summed E-state index contributed by atoms with van der Waals surface area (Å²) in [6.45, 7) is 0.653. The normalized spacial score (nSPS) is 21.7. The van der Waals surface area contributed by atoms with E-state index in [2.05, 4.69) is 10.3 Å². The number of anilines is 1. The molecule has 0 amide bonds. The highest BCUT2D eigenvalue weighted by Gasteiger charge is 2.31. The van der Waals surface area contributed by atoms with Gasteiger partial charge >= 0.3 is 5.97 Å². The fourth-order valence-corrected chi connectivity index (χ4v) is 3.27. The standard InChI is InChI=1S/C16H19ClN2O3/c1-21-15(20)12-5-3-2-4-10(12)9-18-16-19-13-8-11(17)6-7-14(13)22-16/h6-8,10,12H,2-5,9H2,1H3,(H,18,19). The number of carbonyl (C=O) groups excluding carboxylic acids is 1. The van der Waals surface area contributed by atoms with E-state index in [0.717, 1.165) is 31.2 Å². The van der Waals surface area contributed by atoms with E-state index >= 15 is 0 Å². The molecule has 3 rings (SSSR count). The first-order valence-corrected chi connectivity index (χ1v) is 7.93. The third-order valence-electron chi connectivity index (χ3n) is 4.28. The van der Waals surface area contributed by atoms with Crippen LogP contribution in [0.25, 0.3) is 11.1 Å². The molecule has 0 radical (unpaired) electrons. The molecule has 1 aliphatic carbocycles. The van der Waals surface area contributed by atoms with Crippen LogP contribution in [0.3, 0.4) is 0 Å². The summed E-state index contributed by atoms with van der Waals surface area (Å²) in [5.41, 5.74) is 1.42. The first-order valence-electron chi connectivity index (χ1n) is 7.55. The van der Waals surface area contributed by atoms with Crippen molar-refractivity contribution in [1.29, 1.82) is 0 Å². The highest BCUT2D eigenvalue weighted by atomic mass is 35.5. The zero-order valence-corrected chi connectivity index (χ0v) is 13.2. The Morgan fingerprint density at radius 2 is 2.27 bits per heavy atom. The highest BCUT2D eigenvalue weighted by Crippen LogP contribution is 2.31. The molecule has 118 valence electrons. The summed E-state index contributed by atoms with van der Waals surface area (Å²) in [6, 6.07) is 5.80. The number of ether oxygens (including phenoxy) is 1. The van der Waals surface area contributed by atoms with Gasteiger partial charge in [0.2, 0.25) is 0 Å². The van der Waals surface area contributed by atoms with Crippen LogP contribution in [0.4, 0.5) is 6.01 Å². The summed E-state index contributed by atoms with van der Waals surface area (Å²) in [5.74, 6) is 0.0979. The third kappa shape index (κ3) is 3.19. The summed E-state index contributed by atoms with van der Waals surface area (Å²) in [4.78, 5) is 16.2. The van der Waals surface area contributed by atoms with E-state index in [-0.39, 0.29) is 17.8 Å². The van der Waals surface area contributed by atoms with Crippen molar-refractivity contribution in [2.45, 2.75) is 25.7 Å². The smallest absolute Gasteiger partial charge is 0.309 e. The number of carbonyl (C=O) groups is 1. The quantitative estimate of drug-likeness (QED) is 0.866. The molecule has 1 N–H and O–H groups in total. The summed E-state index contributed by atoms with van der Waals surface area (Å²) in [5, 5.41) is 3.83. The molecule has 6 heteroatoms. The number of benzene rings is 1. The number of halogens is 1. The van der Waals surface area contributed by atoms with Crippen molar-refractivity contribution in [1.82, 2.24) is 4.98 Å². The van der Waals surface area contributed by atoms with Crippen LogP contribution in [0, 0.1) is 11.8 Å². The molecule has 0 spiro atoms. The van der Waals surface area contributed by atoms with Crippen LogP contribution >= 0.6 is 11.6 Å².